The SMILES string of the molecule is CN(CC(C)(C)CN)C(=O)c1cc(Cl)c[nH]1.Cl. The molecule has 0 atom stereocenters. The highest BCUT2D eigenvalue weighted by Gasteiger charge is 2.22. The third-order valence-corrected chi connectivity index (χ3v) is 2.66. The van der Waals surface area contributed by atoms with Gasteiger partial charge in [0, 0.05) is 19.8 Å². The van der Waals surface area contributed by atoms with Crippen molar-refractivity contribution in [2.75, 3.05) is 20.1 Å². The Morgan fingerprint density at radius 2 is 2.18 bits per heavy atom. The number of carbonyl (C=O) groups excluding carboxylic acids is 1. The van der Waals surface area contributed by atoms with Crippen molar-refractivity contribution < 1.29 is 4.79 Å². The summed E-state index contributed by atoms with van der Waals surface area (Å²) in [6.45, 7) is 5.20. The van der Waals surface area contributed by atoms with Crippen LogP contribution in [0.15, 0.2) is 12.3 Å². The van der Waals surface area contributed by atoms with Crippen LogP contribution in [-0.2, 0) is 0 Å². The largest absolute Gasteiger partial charge is 0.356 e. The minimum absolute atomic E-state index is 0. The molecule has 0 aliphatic carbocycles. The van der Waals surface area contributed by atoms with Crippen molar-refractivity contribution in [1.82, 2.24) is 9.88 Å². The Balaban J connectivity index is 0.00000256. The lowest BCUT2D eigenvalue weighted by Gasteiger charge is -2.28. The van der Waals surface area contributed by atoms with Crippen LogP contribution in [0.5, 0.6) is 0 Å². The summed E-state index contributed by atoms with van der Waals surface area (Å²) in [5, 5.41) is 0.537. The zero-order valence-electron chi connectivity index (χ0n) is 10.3. The molecule has 0 fully saturated rings. The molecule has 3 N–H and O–H groups in total. The number of H-pyrrole nitrogens is 1. The molecule has 1 aromatic heterocycles. The van der Waals surface area contributed by atoms with Crippen LogP contribution in [0, 0.1) is 5.41 Å². The van der Waals surface area contributed by atoms with Crippen LogP contribution in [0.3, 0.4) is 0 Å². The van der Waals surface area contributed by atoms with E-state index in [4.69, 9.17) is 17.3 Å². The van der Waals surface area contributed by atoms with Crippen molar-refractivity contribution in [2.45, 2.75) is 13.8 Å². The lowest BCUT2D eigenvalue weighted by atomic mass is 9.93. The molecular formula is C11H19Cl2N3O. The highest BCUT2D eigenvalue weighted by molar-refractivity contribution is 6.30. The van der Waals surface area contributed by atoms with Crippen LogP contribution in [0.4, 0.5) is 0 Å². The number of carbonyl (C=O) groups is 1. The van der Waals surface area contributed by atoms with Crippen molar-refractivity contribution in [2.24, 2.45) is 11.1 Å². The predicted octanol–water partition coefficient (Wildman–Crippen LogP) is 2.15. The quantitative estimate of drug-likeness (QED) is 0.887. The number of aromatic nitrogens is 1. The highest BCUT2D eigenvalue weighted by Crippen LogP contribution is 2.16. The van der Waals surface area contributed by atoms with E-state index in [0.29, 0.717) is 23.8 Å². The Bertz CT molecular complexity index is 377. The molecule has 4 nitrogen and oxygen atoms in total. The van der Waals surface area contributed by atoms with Crippen molar-refractivity contribution in [3.05, 3.63) is 23.0 Å². The molecule has 6 heteroatoms. The molecule has 0 aromatic carbocycles. The number of aromatic amines is 1. The van der Waals surface area contributed by atoms with E-state index in [2.05, 4.69) is 4.98 Å². The second-order valence-corrected chi connectivity index (χ2v) is 5.20. The molecule has 0 unspecified atom stereocenters. The molecule has 0 saturated carbocycles. The average Bonchev–Trinajstić information content (AvgIpc) is 2.63. The molecule has 0 aliphatic rings. The van der Waals surface area contributed by atoms with Gasteiger partial charge in [0.2, 0.25) is 0 Å². The molecule has 1 amide bonds. The summed E-state index contributed by atoms with van der Waals surface area (Å²) in [7, 11) is 1.76. The molecule has 17 heavy (non-hydrogen) atoms. The number of nitrogens with zero attached hydrogens (tertiary/aromatic N) is 1. The van der Waals surface area contributed by atoms with Crippen LogP contribution in [0.1, 0.15) is 24.3 Å². The van der Waals surface area contributed by atoms with Gasteiger partial charge >= 0.3 is 0 Å². The van der Waals surface area contributed by atoms with Gasteiger partial charge in [-0.2, -0.15) is 0 Å². The molecule has 1 rings (SSSR count). The number of rotatable bonds is 4. The van der Waals surface area contributed by atoms with Gasteiger partial charge in [-0.25, -0.2) is 0 Å². The van der Waals surface area contributed by atoms with Gasteiger partial charge in [0.1, 0.15) is 5.69 Å². The monoisotopic (exact) mass is 279 g/mol. The van der Waals surface area contributed by atoms with Gasteiger partial charge in [0.15, 0.2) is 0 Å². The van der Waals surface area contributed by atoms with Crippen LogP contribution >= 0.6 is 24.0 Å². The second-order valence-electron chi connectivity index (χ2n) is 4.76. The van der Waals surface area contributed by atoms with Gasteiger partial charge in [0.05, 0.1) is 5.02 Å². The topological polar surface area (TPSA) is 62.1 Å². The van der Waals surface area contributed by atoms with E-state index in [9.17, 15) is 4.79 Å². The lowest BCUT2D eigenvalue weighted by Crippen LogP contribution is -2.39. The molecule has 0 aliphatic heterocycles. The van der Waals surface area contributed by atoms with Gasteiger partial charge in [-0.1, -0.05) is 25.4 Å². The molecule has 98 valence electrons. The third kappa shape index (κ3) is 4.58. The van der Waals surface area contributed by atoms with E-state index >= 15 is 0 Å². The van der Waals surface area contributed by atoms with E-state index in [0.717, 1.165) is 0 Å². The molecule has 0 saturated heterocycles. The predicted molar refractivity (Wildman–Crippen MR) is 72.8 cm³/mol. The molecule has 0 bridgehead atoms. The number of hydrogen-bond acceptors (Lipinski definition) is 2. The maximum Gasteiger partial charge on any atom is 0.270 e. The normalized spacial score (nSPS) is 10.9. The number of nitrogens with two attached hydrogens (primary N) is 1. The van der Waals surface area contributed by atoms with Crippen molar-refractivity contribution >= 4 is 29.9 Å². The second kappa shape index (κ2) is 6.28. The zero-order valence-corrected chi connectivity index (χ0v) is 11.9. The highest BCUT2D eigenvalue weighted by atomic mass is 35.5. The number of halogens is 2. The summed E-state index contributed by atoms with van der Waals surface area (Å²) < 4.78 is 0. The van der Waals surface area contributed by atoms with Gasteiger partial charge in [-0.15, -0.1) is 12.4 Å². The minimum atomic E-state index is -0.0825. The Hall–Kier alpha value is -0.710. The first kappa shape index (κ1) is 16.3. The van der Waals surface area contributed by atoms with Gasteiger partial charge in [0.25, 0.3) is 5.91 Å². The van der Waals surface area contributed by atoms with E-state index in [-0.39, 0.29) is 23.7 Å². The Morgan fingerprint density at radius 3 is 2.59 bits per heavy atom. The summed E-state index contributed by atoms with van der Waals surface area (Å²) in [5.74, 6) is -0.0755. The zero-order chi connectivity index (χ0) is 12.3. The number of hydrogen-bond donors (Lipinski definition) is 2. The van der Waals surface area contributed by atoms with Crippen molar-refractivity contribution in [1.29, 1.82) is 0 Å². The van der Waals surface area contributed by atoms with Crippen LogP contribution in [-0.4, -0.2) is 35.9 Å². The van der Waals surface area contributed by atoms with E-state index in [1.165, 1.54) is 0 Å². The minimum Gasteiger partial charge on any atom is -0.356 e. The first-order valence-corrected chi connectivity index (χ1v) is 5.53. The summed E-state index contributed by atoms with van der Waals surface area (Å²) in [4.78, 5) is 16.4. The Kier molecular flexibility index (Phi) is 6.02. The molecule has 1 aromatic rings. The molecular weight excluding hydrogens is 261 g/mol. The van der Waals surface area contributed by atoms with Crippen LogP contribution < -0.4 is 5.73 Å². The van der Waals surface area contributed by atoms with Gasteiger partial charge < -0.3 is 15.6 Å². The van der Waals surface area contributed by atoms with Gasteiger partial charge in [-0.3, -0.25) is 4.79 Å². The Morgan fingerprint density at radius 1 is 1.59 bits per heavy atom. The standard InChI is InChI=1S/C11H18ClN3O.ClH/c1-11(2,6-13)7-15(3)10(16)9-4-8(12)5-14-9;/h4-5,14H,6-7,13H2,1-3H3;1H. The van der Waals surface area contributed by atoms with E-state index in [1.807, 2.05) is 13.8 Å². The van der Waals surface area contributed by atoms with Crippen LogP contribution in [0.25, 0.3) is 0 Å². The van der Waals surface area contributed by atoms with Gasteiger partial charge in [-0.05, 0) is 18.0 Å². The lowest BCUT2D eigenvalue weighted by molar-refractivity contribution is 0.0735. The first-order chi connectivity index (χ1) is 7.35. The molecule has 1 heterocycles. The Labute approximate surface area is 113 Å². The fourth-order valence-corrected chi connectivity index (χ4v) is 1.64. The van der Waals surface area contributed by atoms with Crippen molar-refractivity contribution in [3.63, 3.8) is 0 Å². The van der Waals surface area contributed by atoms with E-state index in [1.54, 1.807) is 24.2 Å². The first-order valence-electron chi connectivity index (χ1n) is 5.15. The molecule has 0 radical (unpaired) electrons. The fraction of sp³-hybridized carbons (Fsp3) is 0.545. The number of nitrogens with one attached hydrogen (secondary N) is 1. The fourth-order valence-electron chi connectivity index (χ4n) is 1.48. The summed E-state index contributed by atoms with van der Waals surface area (Å²) >= 11 is 5.75. The maximum absolute atomic E-state index is 11.9. The smallest absolute Gasteiger partial charge is 0.270 e. The molecule has 0 spiro atoms. The van der Waals surface area contributed by atoms with Crippen LogP contribution in [0.2, 0.25) is 5.02 Å². The number of amides is 1. The third-order valence-electron chi connectivity index (χ3n) is 2.44. The summed E-state index contributed by atoms with van der Waals surface area (Å²) in [5.41, 5.74) is 6.05. The maximum atomic E-state index is 11.9. The summed E-state index contributed by atoms with van der Waals surface area (Å²) in [6, 6.07) is 1.62. The van der Waals surface area contributed by atoms with Crippen molar-refractivity contribution in [3.8, 4) is 0 Å². The average molecular weight is 280 g/mol. The summed E-state index contributed by atoms with van der Waals surface area (Å²) in [6.07, 6.45) is 1.59. The van der Waals surface area contributed by atoms with E-state index < -0.39 is 0 Å².